The van der Waals surface area contributed by atoms with Crippen LogP contribution in [0.3, 0.4) is 0 Å². The molecule has 1 heterocycles. The fraction of sp³-hybridized carbons (Fsp3) is 1.00. The summed E-state index contributed by atoms with van der Waals surface area (Å²) >= 11 is 0. The molecule has 1 saturated heterocycles. The monoisotopic (exact) mass is 166 g/mol. The Bertz CT molecular complexity index is 168. The van der Waals surface area contributed by atoms with Gasteiger partial charge in [0.15, 0.2) is 0 Å². The van der Waals surface area contributed by atoms with Crippen molar-refractivity contribution >= 4 is 7.75 Å². The zero-order chi connectivity index (χ0) is 7.78. The van der Waals surface area contributed by atoms with Crippen molar-refractivity contribution in [3.05, 3.63) is 0 Å². The Morgan fingerprint density at radius 1 is 1.70 bits per heavy atom. The Balaban J connectivity index is 2.64. The summed E-state index contributed by atoms with van der Waals surface area (Å²) in [6, 6.07) is 0. The molecule has 0 aromatic rings. The normalized spacial score (nSPS) is 29.3. The van der Waals surface area contributed by atoms with Gasteiger partial charge in [0.05, 0.1) is 6.17 Å². The maximum Gasteiger partial charge on any atom is 0.404 e. The molecule has 10 heavy (non-hydrogen) atoms. The van der Waals surface area contributed by atoms with Crippen LogP contribution in [0.2, 0.25) is 0 Å². The molecule has 0 amide bonds. The van der Waals surface area contributed by atoms with Gasteiger partial charge in [-0.1, -0.05) is 0 Å². The lowest BCUT2D eigenvalue weighted by Gasteiger charge is -2.20. The first-order valence-corrected chi connectivity index (χ1v) is 4.64. The van der Waals surface area contributed by atoms with Crippen molar-refractivity contribution < 1.29 is 14.4 Å². The molecule has 1 fully saturated rings. The summed E-state index contributed by atoms with van der Waals surface area (Å²) in [6.45, 7) is 2.80. The molecule has 1 atom stereocenters. The van der Waals surface area contributed by atoms with Crippen LogP contribution in [0.4, 0.5) is 0 Å². The van der Waals surface area contributed by atoms with Gasteiger partial charge in [-0.2, -0.15) is 4.67 Å². The van der Waals surface area contributed by atoms with E-state index in [1.54, 1.807) is 6.92 Å². The molecule has 0 aromatic carbocycles. The van der Waals surface area contributed by atoms with Crippen LogP contribution in [0.25, 0.3) is 0 Å². The summed E-state index contributed by atoms with van der Waals surface area (Å²) in [6.07, 6.45) is -0.208. The summed E-state index contributed by atoms with van der Waals surface area (Å²) in [4.78, 5) is 17.4. The lowest BCUT2D eigenvalue weighted by Crippen LogP contribution is -2.29. The van der Waals surface area contributed by atoms with E-state index < -0.39 is 7.75 Å². The van der Waals surface area contributed by atoms with E-state index in [9.17, 15) is 4.57 Å². The van der Waals surface area contributed by atoms with Crippen molar-refractivity contribution in [1.29, 1.82) is 0 Å². The van der Waals surface area contributed by atoms with Crippen molar-refractivity contribution in [2.24, 2.45) is 0 Å². The quantitative estimate of drug-likeness (QED) is 0.450. The molecule has 0 aliphatic carbocycles. The Hall–Kier alpha value is 0.0700. The van der Waals surface area contributed by atoms with Gasteiger partial charge in [0.1, 0.15) is 0 Å². The largest absolute Gasteiger partial charge is 0.404 e. The predicted octanol–water partition coefficient (Wildman–Crippen LogP) is -0.670. The van der Waals surface area contributed by atoms with Crippen LogP contribution in [0, 0.1) is 0 Å². The van der Waals surface area contributed by atoms with Crippen LogP contribution in [0.15, 0.2) is 0 Å². The maximum atomic E-state index is 10.6. The van der Waals surface area contributed by atoms with E-state index >= 15 is 0 Å². The third-order valence-electron chi connectivity index (χ3n) is 1.56. The average Bonchev–Trinajstić information content (AvgIpc) is 2.11. The number of nitrogens with zero attached hydrogens (tertiary/aromatic N) is 1. The molecule has 60 valence electrons. The lowest BCUT2D eigenvalue weighted by molar-refractivity contribution is 0.261. The zero-order valence-electron chi connectivity index (χ0n) is 5.69. The molecule has 1 aliphatic heterocycles. The Labute approximate surface area is 59.2 Å². The highest BCUT2D eigenvalue weighted by Crippen LogP contribution is 2.41. The Morgan fingerprint density at radius 2 is 2.30 bits per heavy atom. The van der Waals surface area contributed by atoms with Crippen LogP contribution in [-0.4, -0.2) is 33.7 Å². The Morgan fingerprint density at radius 3 is 2.50 bits per heavy atom. The molecular formula is C4H11N2O3P. The van der Waals surface area contributed by atoms with Gasteiger partial charge >= 0.3 is 7.75 Å². The lowest BCUT2D eigenvalue weighted by atomic mass is 10.6. The van der Waals surface area contributed by atoms with Gasteiger partial charge < -0.3 is 15.1 Å². The fourth-order valence-electron chi connectivity index (χ4n) is 1.04. The molecule has 1 unspecified atom stereocenters. The molecule has 1 rings (SSSR count). The van der Waals surface area contributed by atoms with Gasteiger partial charge in [-0.15, -0.1) is 0 Å². The number of hydrogen-bond acceptors (Lipinski definition) is 2. The standard InChI is InChI=1S/C4H11N2O3P/c1-4-5-2-3-6(4)10(7,8)9/h4-5H,2-3H2,1H3,(H2,7,8,9). The van der Waals surface area contributed by atoms with Gasteiger partial charge in [-0.25, -0.2) is 4.57 Å². The third kappa shape index (κ3) is 1.56. The average molecular weight is 166 g/mol. The highest BCUT2D eigenvalue weighted by Gasteiger charge is 2.33. The summed E-state index contributed by atoms with van der Waals surface area (Å²) in [7, 11) is -4.00. The van der Waals surface area contributed by atoms with E-state index in [1.807, 2.05) is 0 Å². The molecule has 0 bridgehead atoms. The van der Waals surface area contributed by atoms with Gasteiger partial charge in [0.25, 0.3) is 0 Å². The first-order valence-electron chi connectivity index (χ1n) is 3.08. The molecule has 0 saturated carbocycles. The van der Waals surface area contributed by atoms with Crippen molar-refractivity contribution in [2.75, 3.05) is 13.1 Å². The van der Waals surface area contributed by atoms with Gasteiger partial charge in [-0.3, -0.25) is 0 Å². The first-order chi connectivity index (χ1) is 4.52. The molecular weight excluding hydrogens is 155 g/mol. The van der Waals surface area contributed by atoms with E-state index in [0.717, 1.165) is 4.67 Å². The van der Waals surface area contributed by atoms with E-state index in [4.69, 9.17) is 9.79 Å². The first kappa shape index (κ1) is 8.17. The van der Waals surface area contributed by atoms with E-state index in [2.05, 4.69) is 5.32 Å². The summed E-state index contributed by atoms with van der Waals surface area (Å²) in [5, 5.41) is 2.91. The summed E-state index contributed by atoms with van der Waals surface area (Å²) in [5.74, 6) is 0. The fourth-order valence-corrected chi connectivity index (χ4v) is 1.94. The van der Waals surface area contributed by atoms with E-state index in [1.165, 1.54) is 0 Å². The molecule has 6 heteroatoms. The highest BCUT2D eigenvalue weighted by molar-refractivity contribution is 7.49. The summed E-state index contributed by atoms with van der Waals surface area (Å²) in [5.41, 5.74) is 0. The van der Waals surface area contributed by atoms with Crippen LogP contribution in [0.1, 0.15) is 6.92 Å². The van der Waals surface area contributed by atoms with Crippen LogP contribution in [-0.2, 0) is 4.57 Å². The van der Waals surface area contributed by atoms with Crippen LogP contribution < -0.4 is 5.32 Å². The van der Waals surface area contributed by atoms with Crippen molar-refractivity contribution in [3.8, 4) is 0 Å². The van der Waals surface area contributed by atoms with Crippen molar-refractivity contribution in [2.45, 2.75) is 13.1 Å². The van der Waals surface area contributed by atoms with Crippen molar-refractivity contribution in [3.63, 3.8) is 0 Å². The summed E-state index contributed by atoms with van der Waals surface area (Å²) < 4.78 is 11.8. The van der Waals surface area contributed by atoms with Crippen LogP contribution in [0.5, 0.6) is 0 Å². The number of rotatable bonds is 1. The minimum Gasteiger partial charge on any atom is -0.312 e. The van der Waals surface area contributed by atoms with Gasteiger partial charge in [0.2, 0.25) is 0 Å². The predicted molar refractivity (Wildman–Crippen MR) is 36.2 cm³/mol. The number of nitrogens with one attached hydrogen (secondary N) is 1. The van der Waals surface area contributed by atoms with Gasteiger partial charge in [0, 0.05) is 13.1 Å². The minimum absolute atomic E-state index is 0.208. The third-order valence-corrected chi connectivity index (χ3v) is 2.78. The Kier molecular flexibility index (Phi) is 2.12. The van der Waals surface area contributed by atoms with E-state index in [-0.39, 0.29) is 6.17 Å². The molecule has 0 radical (unpaired) electrons. The maximum absolute atomic E-state index is 10.6. The number of hydrogen-bond donors (Lipinski definition) is 3. The topological polar surface area (TPSA) is 72.8 Å². The molecule has 0 spiro atoms. The molecule has 0 aromatic heterocycles. The van der Waals surface area contributed by atoms with Crippen LogP contribution >= 0.6 is 7.75 Å². The molecule has 1 aliphatic rings. The zero-order valence-corrected chi connectivity index (χ0v) is 6.58. The van der Waals surface area contributed by atoms with Crippen molar-refractivity contribution in [1.82, 2.24) is 9.99 Å². The van der Waals surface area contributed by atoms with E-state index in [0.29, 0.717) is 13.1 Å². The second kappa shape index (κ2) is 2.60. The second-order valence-electron chi connectivity index (χ2n) is 2.31. The SMILES string of the molecule is CC1NCCN1P(=O)(O)O. The molecule has 3 N–H and O–H groups in total. The second-order valence-corrected chi connectivity index (χ2v) is 3.85. The highest BCUT2D eigenvalue weighted by atomic mass is 31.2. The van der Waals surface area contributed by atoms with Gasteiger partial charge in [-0.05, 0) is 6.92 Å². The molecule has 5 nitrogen and oxygen atoms in total. The minimum atomic E-state index is -4.00. The smallest absolute Gasteiger partial charge is 0.312 e.